The molecule has 0 radical (unpaired) electrons. The average Bonchev–Trinajstić information content (AvgIpc) is 3.00. The van der Waals surface area contributed by atoms with Crippen molar-refractivity contribution in [1.82, 2.24) is 19.7 Å². The molecule has 0 saturated heterocycles. The molecular weight excluding hydrogens is 350 g/mol. The topological polar surface area (TPSA) is 72.7 Å². The minimum absolute atomic E-state index is 0.198. The number of hydrogen-bond acceptors (Lipinski definition) is 4. The number of rotatable bonds is 3. The summed E-state index contributed by atoms with van der Waals surface area (Å²) >= 11 is 0. The Bertz CT molecular complexity index is 1210. The van der Waals surface area contributed by atoms with E-state index in [0.29, 0.717) is 16.8 Å². The van der Waals surface area contributed by atoms with Crippen molar-refractivity contribution in [2.24, 2.45) is 0 Å². The van der Waals surface area contributed by atoms with Crippen molar-refractivity contribution >= 4 is 22.6 Å². The summed E-state index contributed by atoms with van der Waals surface area (Å²) in [6, 6.07) is 15.0. The molecule has 1 N–H and O–H groups in total. The zero-order valence-electron chi connectivity index (χ0n) is 16.3. The summed E-state index contributed by atoms with van der Waals surface area (Å²) in [6.45, 7) is 7.78. The summed E-state index contributed by atoms with van der Waals surface area (Å²) in [5, 5.41) is 7.53. The van der Waals surface area contributed by atoms with E-state index in [-0.39, 0.29) is 5.91 Å². The standard InChI is InChI=1S/C22H21N5O/c1-13-11-14(2)27(26-13)21-8-6-5-7-19(21)25-22(28)17-9-10-18-20(12-17)24-16(4)15(3)23-18/h5-12H,1-4H3,(H,25,28). The van der Waals surface area contributed by atoms with Gasteiger partial charge in [0.05, 0.1) is 39.5 Å². The Hall–Kier alpha value is -3.54. The van der Waals surface area contributed by atoms with Gasteiger partial charge in [-0.3, -0.25) is 4.79 Å². The Labute approximate surface area is 163 Å². The predicted molar refractivity (Wildman–Crippen MR) is 110 cm³/mol. The minimum atomic E-state index is -0.198. The Morgan fingerprint density at radius 2 is 1.61 bits per heavy atom. The van der Waals surface area contributed by atoms with Gasteiger partial charge in [0.25, 0.3) is 5.91 Å². The van der Waals surface area contributed by atoms with Gasteiger partial charge in [-0.05, 0) is 64.1 Å². The maximum Gasteiger partial charge on any atom is 0.255 e. The van der Waals surface area contributed by atoms with Crippen molar-refractivity contribution in [3.05, 3.63) is 76.9 Å². The van der Waals surface area contributed by atoms with Crippen molar-refractivity contribution in [3.8, 4) is 5.69 Å². The number of carbonyl (C=O) groups is 1. The van der Waals surface area contributed by atoms with Crippen LogP contribution in [0.3, 0.4) is 0 Å². The monoisotopic (exact) mass is 371 g/mol. The fourth-order valence-electron chi connectivity index (χ4n) is 3.20. The number of aromatic nitrogens is 4. The molecule has 4 aromatic rings. The third-order valence-electron chi connectivity index (χ3n) is 4.73. The van der Waals surface area contributed by atoms with Crippen molar-refractivity contribution in [2.75, 3.05) is 5.32 Å². The van der Waals surface area contributed by atoms with Crippen LogP contribution in [0.2, 0.25) is 0 Å². The smallest absolute Gasteiger partial charge is 0.255 e. The van der Waals surface area contributed by atoms with Gasteiger partial charge in [-0.25, -0.2) is 14.6 Å². The van der Waals surface area contributed by atoms with E-state index < -0.39 is 0 Å². The number of aryl methyl sites for hydroxylation is 4. The summed E-state index contributed by atoms with van der Waals surface area (Å²) in [7, 11) is 0. The SMILES string of the molecule is Cc1cc(C)n(-c2ccccc2NC(=O)c2ccc3nc(C)c(C)nc3c2)n1. The fourth-order valence-corrected chi connectivity index (χ4v) is 3.20. The van der Waals surface area contributed by atoms with Crippen LogP contribution in [0.1, 0.15) is 33.1 Å². The van der Waals surface area contributed by atoms with E-state index in [2.05, 4.69) is 20.4 Å². The highest BCUT2D eigenvalue weighted by molar-refractivity contribution is 6.06. The second-order valence-corrected chi connectivity index (χ2v) is 6.91. The molecule has 0 fully saturated rings. The number of hydrogen-bond donors (Lipinski definition) is 1. The molecule has 0 saturated carbocycles. The number of benzene rings is 2. The molecule has 6 nitrogen and oxygen atoms in total. The lowest BCUT2D eigenvalue weighted by Crippen LogP contribution is -2.14. The number of amides is 1. The number of nitrogens with one attached hydrogen (secondary N) is 1. The molecule has 2 aromatic carbocycles. The average molecular weight is 371 g/mol. The van der Waals surface area contributed by atoms with E-state index in [0.717, 1.165) is 34.0 Å². The first kappa shape index (κ1) is 17.9. The van der Waals surface area contributed by atoms with Gasteiger partial charge in [-0.15, -0.1) is 0 Å². The first-order valence-electron chi connectivity index (χ1n) is 9.11. The van der Waals surface area contributed by atoms with Crippen LogP contribution in [0.4, 0.5) is 5.69 Å². The van der Waals surface area contributed by atoms with Gasteiger partial charge in [-0.2, -0.15) is 5.10 Å². The van der Waals surface area contributed by atoms with Gasteiger partial charge in [0.2, 0.25) is 0 Å². The molecule has 0 aliphatic heterocycles. The minimum Gasteiger partial charge on any atom is -0.320 e. The zero-order valence-corrected chi connectivity index (χ0v) is 16.3. The lowest BCUT2D eigenvalue weighted by molar-refractivity contribution is 0.102. The molecule has 0 bridgehead atoms. The van der Waals surface area contributed by atoms with Crippen LogP contribution in [0, 0.1) is 27.7 Å². The highest BCUT2D eigenvalue weighted by atomic mass is 16.1. The first-order chi connectivity index (χ1) is 13.4. The van der Waals surface area contributed by atoms with Crippen molar-refractivity contribution in [2.45, 2.75) is 27.7 Å². The van der Waals surface area contributed by atoms with Gasteiger partial charge in [0, 0.05) is 11.3 Å². The van der Waals surface area contributed by atoms with Crippen LogP contribution < -0.4 is 5.32 Å². The van der Waals surface area contributed by atoms with Crippen molar-refractivity contribution < 1.29 is 4.79 Å². The Balaban J connectivity index is 1.69. The lowest BCUT2D eigenvalue weighted by Gasteiger charge is -2.13. The summed E-state index contributed by atoms with van der Waals surface area (Å²) in [5.41, 5.74) is 7.24. The van der Waals surface area contributed by atoms with Crippen molar-refractivity contribution in [3.63, 3.8) is 0 Å². The number of para-hydroxylation sites is 2. The molecule has 4 rings (SSSR count). The molecule has 140 valence electrons. The van der Waals surface area contributed by atoms with Crippen LogP contribution in [-0.4, -0.2) is 25.7 Å². The first-order valence-corrected chi connectivity index (χ1v) is 9.11. The summed E-state index contributed by atoms with van der Waals surface area (Å²) in [6.07, 6.45) is 0. The van der Waals surface area contributed by atoms with Crippen LogP contribution in [0.25, 0.3) is 16.7 Å². The van der Waals surface area contributed by atoms with E-state index in [9.17, 15) is 4.79 Å². The van der Waals surface area contributed by atoms with Gasteiger partial charge >= 0.3 is 0 Å². The third-order valence-corrected chi connectivity index (χ3v) is 4.73. The van der Waals surface area contributed by atoms with Crippen LogP contribution in [0.5, 0.6) is 0 Å². The van der Waals surface area contributed by atoms with Gasteiger partial charge < -0.3 is 5.32 Å². The van der Waals surface area contributed by atoms with Crippen molar-refractivity contribution in [1.29, 1.82) is 0 Å². The van der Waals surface area contributed by atoms with E-state index in [1.54, 1.807) is 12.1 Å². The van der Waals surface area contributed by atoms with Crippen LogP contribution in [-0.2, 0) is 0 Å². The number of anilines is 1. The maximum absolute atomic E-state index is 12.9. The molecule has 0 aliphatic carbocycles. The van der Waals surface area contributed by atoms with Gasteiger partial charge in [0.15, 0.2) is 0 Å². The Morgan fingerprint density at radius 3 is 2.32 bits per heavy atom. The normalized spacial score (nSPS) is 11.0. The zero-order chi connectivity index (χ0) is 19.8. The molecule has 28 heavy (non-hydrogen) atoms. The molecule has 0 aliphatic rings. The molecular formula is C22H21N5O. The largest absolute Gasteiger partial charge is 0.320 e. The summed E-state index contributed by atoms with van der Waals surface area (Å²) in [4.78, 5) is 22.0. The Kier molecular flexibility index (Phi) is 4.39. The molecule has 0 spiro atoms. The maximum atomic E-state index is 12.9. The molecule has 2 aromatic heterocycles. The highest BCUT2D eigenvalue weighted by Gasteiger charge is 2.13. The molecule has 0 unspecified atom stereocenters. The molecule has 0 atom stereocenters. The quantitative estimate of drug-likeness (QED) is 0.583. The Morgan fingerprint density at radius 1 is 0.893 bits per heavy atom. The van der Waals surface area contributed by atoms with Gasteiger partial charge in [-0.1, -0.05) is 12.1 Å². The number of nitrogens with zero attached hydrogens (tertiary/aromatic N) is 4. The predicted octanol–water partition coefficient (Wildman–Crippen LogP) is 4.30. The highest BCUT2D eigenvalue weighted by Crippen LogP contribution is 2.23. The molecule has 6 heteroatoms. The second kappa shape index (κ2) is 6.88. The van der Waals surface area contributed by atoms with E-state index in [4.69, 9.17) is 0 Å². The summed E-state index contributed by atoms with van der Waals surface area (Å²) < 4.78 is 1.84. The number of fused-ring (bicyclic) bond motifs is 1. The molecule has 2 heterocycles. The lowest BCUT2D eigenvalue weighted by atomic mass is 10.1. The van der Waals surface area contributed by atoms with Gasteiger partial charge in [0.1, 0.15) is 0 Å². The number of carbonyl (C=O) groups excluding carboxylic acids is 1. The fraction of sp³-hybridized carbons (Fsp3) is 0.182. The third kappa shape index (κ3) is 3.24. The summed E-state index contributed by atoms with van der Waals surface area (Å²) in [5.74, 6) is -0.198. The molecule has 1 amide bonds. The second-order valence-electron chi connectivity index (χ2n) is 6.91. The van der Waals surface area contributed by atoms with Crippen LogP contribution in [0.15, 0.2) is 48.5 Å². The van der Waals surface area contributed by atoms with E-state index >= 15 is 0 Å². The van der Waals surface area contributed by atoms with E-state index in [1.807, 2.05) is 68.8 Å². The van der Waals surface area contributed by atoms with Crippen LogP contribution >= 0.6 is 0 Å². The van der Waals surface area contributed by atoms with E-state index in [1.165, 1.54) is 0 Å².